The lowest BCUT2D eigenvalue weighted by atomic mass is 9.95. The Bertz CT molecular complexity index is 1130. The number of ether oxygens (including phenoxy) is 1. The Morgan fingerprint density at radius 1 is 1.12 bits per heavy atom. The van der Waals surface area contributed by atoms with Gasteiger partial charge in [-0.05, 0) is 35.9 Å². The van der Waals surface area contributed by atoms with E-state index in [4.69, 9.17) is 4.74 Å². The number of hydrogen-bond donors (Lipinski definition) is 1. The second-order valence-electron chi connectivity index (χ2n) is 8.30. The van der Waals surface area contributed by atoms with Gasteiger partial charge in [0.1, 0.15) is 18.7 Å². The predicted octanol–water partition coefficient (Wildman–Crippen LogP) is 3.20. The fraction of sp³-hybridized carbons (Fsp3) is 0.320. The van der Waals surface area contributed by atoms with Gasteiger partial charge in [-0.15, -0.1) is 11.3 Å². The molecule has 0 aliphatic carbocycles. The fourth-order valence-electron chi connectivity index (χ4n) is 4.61. The lowest BCUT2D eigenvalue weighted by molar-refractivity contribution is -0.142. The Hall–Kier alpha value is -3.03. The van der Waals surface area contributed by atoms with Crippen molar-refractivity contribution in [3.05, 3.63) is 71.1 Å². The summed E-state index contributed by atoms with van der Waals surface area (Å²) >= 11 is 1.41. The van der Waals surface area contributed by atoms with Crippen LogP contribution in [-0.2, 0) is 20.7 Å². The molecule has 0 bridgehead atoms. The molecule has 2 fully saturated rings. The normalized spacial score (nSPS) is 21.4. The molecule has 0 spiro atoms. The first-order valence-corrected chi connectivity index (χ1v) is 11.7. The Labute approximate surface area is 190 Å². The molecule has 5 rings (SSSR count). The van der Waals surface area contributed by atoms with Gasteiger partial charge in [-0.3, -0.25) is 14.4 Å². The molecule has 7 heteroatoms. The molecule has 164 valence electrons. The number of amides is 2. The molecule has 2 aliphatic heterocycles. The van der Waals surface area contributed by atoms with E-state index in [1.165, 1.54) is 11.3 Å². The lowest BCUT2D eigenvalue weighted by Crippen LogP contribution is -2.58. The molecular weight excluding hydrogens is 424 g/mol. The largest absolute Gasteiger partial charge is 0.368 e. The van der Waals surface area contributed by atoms with Crippen molar-refractivity contribution in [3.63, 3.8) is 0 Å². The number of thiophene rings is 1. The van der Waals surface area contributed by atoms with Gasteiger partial charge < -0.3 is 15.0 Å². The topological polar surface area (TPSA) is 75.7 Å². The third-order valence-corrected chi connectivity index (χ3v) is 7.28. The van der Waals surface area contributed by atoms with Crippen LogP contribution in [0.5, 0.6) is 0 Å². The quantitative estimate of drug-likeness (QED) is 0.650. The van der Waals surface area contributed by atoms with E-state index < -0.39 is 12.1 Å². The average Bonchev–Trinajstić information content (AvgIpc) is 3.43. The van der Waals surface area contributed by atoms with Crippen LogP contribution in [0.25, 0.3) is 10.1 Å². The fourth-order valence-corrected chi connectivity index (χ4v) is 5.58. The Morgan fingerprint density at radius 2 is 1.91 bits per heavy atom. The van der Waals surface area contributed by atoms with Crippen LogP contribution in [0, 0.1) is 0 Å². The number of nitrogens with zero attached hydrogens (tertiary/aromatic N) is 1. The van der Waals surface area contributed by atoms with Crippen molar-refractivity contribution in [3.8, 4) is 0 Å². The number of carbonyl (C=O) groups is 3. The molecule has 3 unspecified atom stereocenters. The molecule has 2 saturated heterocycles. The number of piperidine rings is 1. The van der Waals surface area contributed by atoms with Gasteiger partial charge >= 0.3 is 0 Å². The van der Waals surface area contributed by atoms with Gasteiger partial charge in [-0.1, -0.05) is 48.5 Å². The Morgan fingerprint density at radius 3 is 2.72 bits per heavy atom. The molecule has 2 amide bonds. The van der Waals surface area contributed by atoms with Gasteiger partial charge in [0.15, 0.2) is 5.78 Å². The molecule has 3 heterocycles. The third kappa shape index (κ3) is 4.06. The Kier molecular flexibility index (Phi) is 5.76. The van der Waals surface area contributed by atoms with Crippen LogP contribution in [-0.4, -0.2) is 53.8 Å². The van der Waals surface area contributed by atoms with Crippen molar-refractivity contribution in [2.75, 3.05) is 13.2 Å². The molecular formula is C25H24N2O4S. The summed E-state index contributed by atoms with van der Waals surface area (Å²) in [5.41, 5.74) is 0.949. The average molecular weight is 449 g/mol. The maximum atomic E-state index is 13.6. The highest BCUT2D eigenvalue weighted by Crippen LogP contribution is 2.28. The number of fused-ring (bicyclic) bond motifs is 2. The number of Topliss-reactive ketones (excluding diaryl/α,β-unsaturated/α-hetero) is 1. The highest BCUT2D eigenvalue weighted by molar-refractivity contribution is 7.20. The van der Waals surface area contributed by atoms with E-state index in [2.05, 4.69) is 5.32 Å². The van der Waals surface area contributed by atoms with Crippen molar-refractivity contribution in [2.45, 2.75) is 37.5 Å². The first-order valence-electron chi connectivity index (χ1n) is 10.9. The molecule has 1 aromatic heterocycles. The van der Waals surface area contributed by atoms with Crippen molar-refractivity contribution in [1.82, 2.24) is 10.2 Å². The van der Waals surface area contributed by atoms with Gasteiger partial charge in [0.25, 0.3) is 5.91 Å². The highest BCUT2D eigenvalue weighted by atomic mass is 32.1. The first kappa shape index (κ1) is 20.8. The number of likely N-dealkylation sites (tertiary alicyclic amines) is 1. The van der Waals surface area contributed by atoms with E-state index in [-0.39, 0.29) is 30.3 Å². The highest BCUT2D eigenvalue weighted by Gasteiger charge is 2.45. The summed E-state index contributed by atoms with van der Waals surface area (Å²) in [5.74, 6) is -0.558. The van der Waals surface area contributed by atoms with Crippen molar-refractivity contribution >= 4 is 39.0 Å². The minimum atomic E-state index is -0.762. The van der Waals surface area contributed by atoms with E-state index in [1.54, 1.807) is 4.90 Å². The number of rotatable bonds is 5. The molecule has 2 aliphatic rings. The van der Waals surface area contributed by atoms with Crippen molar-refractivity contribution in [1.29, 1.82) is 0 Å². The smallest absolute Gasteiger partial charge is 0.262 e. The second kappa shape index (κ2) is 8.84. The Balaban J connectivity index is 1.41. The summed E-state index contributed by atoms with van der Waals surface area (Å²) in [6.45, 7) is 0.551. The van der Waals surface area contributed by atoms with E-state index in [0.717, 1.165) is 28.5 Å². The SMILES string of the molecule is O=C(NC(Cc1ccccc1)C(=O)N1CCCC2OCC(=O)C21)c1cc2ccccc2s1. The van der Waals surface area contributed by atoms with Crippen LogP contribution < -0.4 is 5.32 Å². The standard InChI is InChI=1S/C25H24N2O4S/c28-19-15-31-20-10-6-12-27(23(19)20)25(30)18(13-16-7-2-1-3-8-16)26-24(29)22-14-17-9-4-5-11-21(17)32-22/h1-5,7-9,11,14,18,20,23H,6,10,12-13,15H2,(H,26,29). The molecule has 2 aromatic carbocycles. The summed E-state index contributed by atoms with van der Waals surface area (Å²) in [6, 6.07) is 18.0. The van der Waals surface area contributed by atoms with Crippen molar-refractivity contribution < 1.29 is 19.1 Å². The van der Waals surface area contributed by atoms with E-state index in [0.29, 0.717) is 17.8 Å². The van der Waals surface area contributed by atoms with Gasteiger partial charge in [0.2, 0.25) is 5.91 Å². The third-order valence-electron chi connectivity index (χ3n) is 6.16. The van der Waals surface area contributed by atoms with Gasteiger partial charge in [-0.25, -0.2) is 0 Å². The summed E-state index contributed by atoms with van der Waals surface area (Å²) in [5, 5.41) is 3.96. The number of carbonyl (C=O) groups excluding carboxylic acids is 3. The predicted molar refractivity (Wildman–Crippen MR) is 123 cm³/mol. The van der Waals surface area contributed by atoms with Crippen LogP contribution in [0.4, 0.5) is 0 Å². The monoisotopic (exact) mass is 448 g/mol. The van der Waals surface area contributed by atoms with Crippen LogP contribution in [0.2, 0.25) is 0 Å². The van der Waals surface area contributed by atoms with Gasteiger partial charge in [-0.2, -0.15) is 0 Å². The zero-order chi connectivity index (χ0) is 22.1. The summed E-state index contributed by atoms with van der Waals surface area (Å²) in [4.78, 5) is 41.4. The molecule has 3 atom stereocenters. The van der Waals surface area contributed by atoms with E-state index >= 15 is 0 Å². The molecule has 6 nitrogen and oxygen atoms in total. The molecule has 1 N–H and O–H groups in total. The van der Waals surface area contributed by atoms with Crippen LogP contribution in [0.1, 0.15) is 28.1 Å². The lowest BCUT2D eigenvalue weighted by Gasteiger charge is -2.37. The maximum absolute atomic E-state index is 13.6. The number of ketones is 1. The molecule has 0 radical (unpaired) electrons. The molecule has 32 heavy (non-hydrogen) atoms. The summed E-state index contributed by atoms with van der Waals surface area (Å²) < 4.78 is 6.63. The number of nitrogens with one attached hydrogen (secondary N) is 1. The zero-order valence-corrected chi connectivity index (χ0v) is 18.3. The minimum absolute atomic E-state index is 0.0522. The zero-order valence-electron chi connectivity index (χ0n) is 17.5. The first-order chi connectivity index (χ1) is 15.6. The molecule has 0 saturated carbocycles. The van der Waals surface area contributed by atoms with Crippen LogP contribution in [0.3, 0.4) is 0 Å². The van der Waals surface area contributed by atoms with Gasteiger partial charge in [0, 0.05) is 17.7 Å². The second-order valence-corrected chi connectivity index (χ2v) is 9.38. The summed E-state index contributed by atoms with van der Waals surface area (Å²) in [6.07, 6.45) is 1.68. The summed E-state index contributed by atoms with van der Waals surface area (Å²) in [7, 11) is 0. The van der Waals surface area contributed by atoms with Gasteiger partial charge in [0.05, 0.1) is 11.0 Å². The van der Waals surface area contributed by atoms with Crippen molar-refractivity contribution in [2.24, 2.45) is 0 Å². The van der Waals surface area contributed by atoms with E-state index in [9.17, 15) is 14.4 Å². The maximum Gasteiger partial charge on any atom is 0.262 e. The minimum Gasteiger partial charge on any atom is -0.368 e. The van der Waals surface area contributed by atoms with Crippen LogP contribution >= 0.6 is 11.3 Å². The number of benzene rings is 2. The van der Waals surface area contributed by atoms with E-state index in [1.807, 2.05) is 60.7 Å². The molecule has 3 aromatic rings. The number of hydrogen-bond acceptors (Lipinski definition) is 5. The van der Waals surface area contributed by atoms with Crippen LogP contribution in [0.15, 0.2) is 60.7 Å².